The number of furan rings is 1. The Labute approximate surface area is 184 Å². The summed E-state index contributed by atoms with van der Waals surface area (Å²) >= 11 is 11.4. The molecule has 0 saturated carbocycles. The highest BCUT2D eigenvalue weighted by molar-refractivity contribution is 7.90. The monoisotopic (exact) mass is 496 g/mol. The number of nitrogens with one attached hydrogen (secondary N) is 1. The summed E-state index contributed by atoms with van der Waals surface area (Å²) in [5.41, 5.74) is 1.08. The molecule has 1 aromatic heterocycles. The van der Waals surface area contributed by atoms with E-state index in [1.807, 2.05) is 0 Å². The summed E-state index contributed by atoms with van der Waals surface area (Å²) in [6, 6.07) is 7.57. The molecule has 0 spiro atoms. The summed E-state index contributed by atoms with van der Waals surface area (Å²) in [4.78, 5) is 13.2. The van der Waals surface area contributed by atoms with Crippen molar-refractivity contribution in [3.8, 4) is 5.75 Å². The molecule has 0 aliphatic rings. The van der Waals surface area contributed by atoms with E-state index < -0.39 is 32.9 Å². The highest BCUT2D eigenvalue weighted by Gasteiger charge is 2.35. The number of amides is 1. The van der Waals surface area contributed by atoms with Gasteiger partial charge in [0.1, 0.15) is 10.5 Å². The fourth-order valence-electron chi connectivity index (χ4n) is 2.56. The maximum atomic E-state index is 12.7. The Bertz CT molecular complexity index is 1270. The van der Waals surface area contributed by atoms with E-state index in [1.54, 1.807) is 41.9 Å². The molecule has 0 bridgehead atoms. The number of sulfonamides is 1. The number of halogens is 5. The number of anilines is 1. The van der Waals surface area contributed by atoms with Crippen LogP contribution in [0.5, 0.6) is 5.75 Å². The van der Waals surface area contributed by atoms with Crippen LogP contribution >= 0.6 is 23.2 Å². The molecule has 0 unspecified atom stereocenters. The molecule has 0 aliphatic heterocycles. The SMILES string of the molecule is CN(C)c1ccc2cc(C(=O)NS(=O)(=O)c3cc(Cl)c(Cl)cc3OC(F)(F)F)oc2c1. The summed E-state index contributed by atoms with van der Waals surface area (Å²) in [6.07, 6.45) is -5.21. The molecule has 3 aromatic rings. The summed E-state index contributed by atoms with van der Waals surface area (Å²) in [5, 5.41) is -0.215. The minimum atomic E-state index is -5.21. The van der Waals surface area contributed by atoms with Crippen LogP contribution in [-0.2, 0) is 10.0 Å². The van der Waals surface area contributed by atoms with Gasteiger partial charge in [0.25, 0.3) is 10.0 Å². The van der Waals surface area contributed by atoms with Crippen molar-refractivity contribution in [3.05, 3.63) is 52.2 Å². The predicted octanol–water partition coefficient (Wildman–Crippen LogP) is 4.82. The Hall–Kier alpha value is -2.63. The Morgan fingerprint density at radius 2 is 1.74 bits per heavy atom. The second-order valence-electron chi connectivity index (χ2n) is 6.42. The smallest absolute Gasteiger partial charge is 0.451 e. The van der Waals surface area contributed by atoms with Crippen molar-refractivity contribution in [1.82, 2.24) is 4.72 Å². The van der Waals surface area contributed by atoms with Gasteiger partial charge in [0, 0.05) is 37.3 Å². The third-order valence-corrected chi connectivity index (χ3v) is 6.05. The van der Waals surface area contributed by atoms with Crippen LogP contribution in [0.3, 0.4) is 0 Å². The average Bonchev–Trinajstić information content (AvgIpc) is 3.06. The zero-order chi connectivity index (χ0) is 23.1. The summed E-state index contributed by atoms with van der Waals surface area (Å²) in [6.45, 7) is 0. The first-order valence-electron chi connectivity index (χ1n) is 8.30. The van der Waals surface area contributed by atoms with Crippen LogP contribution < -0.4 is 14.4 Å². The highest BCUT2D eigenvalue weighted by Crippen LogP contribution is 2.36. The normalized spacial score (nSPS) is 12.1. The number of ether oxygens (including phenoxy) is 1. The van der Waals surface area contributed by atoms with E-state index in [0.29, 0.717) is 23.1 Å². The number of benzene rings is 2. The van der Waals surface area contributed by atoms with Crippen molar-refractivity contribution in [2.24, 2.45) is 0 Å². The van der Waals surface area contributed by atoms with Gasteiger partial charge in [-0.3, -0.25) is 4.79 Å². The highest BCUT2D eigenvalue weighted by atomic mass is 35.5. The maximum absolute atomic E-state index is 12.7. The molecule has 0 aliphatic carbocycles. The van der Waals surface area contributed by atoms with Crippen LogP contribution in [0.1, 0.15) is 10.6 Å². The lowest BCUT2D eigenvalue weighted by atomic mass is 10.2. The number of fused-ring (bicyclic) bond motifs is 1. The van der Waals surface area contributed by atoms with Crippen molar-refractivity contribution < 1.29 is 35.5 Å². The van der Waals surface area contributed by atoms with Crippen LogP contribution in [-0.4, -0.2) is 34.8 Å². The first-order chi connectivity index (χ1) is 14.3. The molecule has 3 rings (SSSR count). The molecule has 0 radical (unpaired) electrons. The van der Waals surface area contributed by atoms with Gasteiger partial charge < -0.3 is 14.1 Å². The second kappa shape index (κ2) is 8.13. The predicted molar refractivity (Wildman–Crippen MR) is 108 cm³/mol. The van der Waals surface area contributed by atoms with Gasteiger partial charge in [-0.1, -0.05) is 23.2 Å². The zero-order valence-corrected chi connectivity index (χ0v) is 18.1. The second-order valence-corrected chi connectivity index (χ2v) is 8.89. The molecular weight excluding hydrogens is 484 g/mol. The summed E-state index contributed by atoms with van der Waals surface area (Å²) in [7, 11) is -1.26. The van der Waals surface area contributed by atoms with E-state index in [4.69, 9.17) is 27.6 Å². The molecule has 0 atom stereocenters. The van der Waals surface area contributed by atoms with Crippen LogP contribution in [0.25, 0.3) is 11.0 Å². The van der Waals surface area contributed by atoms with Crippen molar-refractivity contribution in [1.29, 1.82) is 0 Å². The van der Waals surface area contributed by atoms with E-state index in [9.17, 15) is 26.4 Å². The van der Waals surface area contributed by atoms with Crippen molar-refractivity contribution in [3.63, 3.8) is 0 Å². The molecule has 1 N–H and O–H groups in total. The molecule has 1 amide bonds. The van der Waals surface area contributed by atoms with E-state index in [1.165, 1.54) is 6.07 Å². The zero-order valence-electron chi connectivity index (χ0n) is 15.8. The van der Waals surface area contributed by atoms with Gasteiger partial charge in [0.15, 0.2) is 11.5 Å². The first-order valence-corrected chi connectivity index (χ1v) is 10.5. The van der Waals surface area contributed by atoms with Crippen LogP contribution in [0, 0.1) is 0 Å². The van der Waals surface area contributed by atoms with Gasteiger partial charge in [-0.05, 0) is 24.3 Å². The fourth-order valence-corrected chi connectivity index (χ4v) is 4.04. The van der Waals surface area contributed by atoms with E-state index in [2.05, 4.69) is 4.74 Å². The Balaban J connectivity index is 1.96. The number of carbonyl (C=O) groups excluding carboxylic acids is 1. The fraction of sp³-hybridized carbons (Fsp3) is 0.167. The number of hydrogen-bond acceptors (Lipinski definition) is 6. The van der Waals surface area contributed by atoms with Gasteiger partial charge >= 0.3 is 12.3 Å². The molecule has 13 heteroatoms. The topological polar surface area (TPSA) is 88.9 Å². The third-order valence-electron chi connectivity index (χ3n) is 3.97. The van der Waals surface area contributed by atoms with Crippen LogP contribution in [0.4, 0.5) is 18.9 Å². The number of rotatable bonds is 5. The lowest BCUT2D eigenvalue weighted by molar-refractivity contribution is -0.275. The molecule has 0 fully saturated rings. The number of carbonyl (C=O) groups is 1. The summed E-state index contributed by atoms with van der Waals surface area (Å²) in [5.74, 6) is -2.72. The lowest BCUT2D eigenvalue weighted by Crippen LogP contribution is -2.31. The van der Waals surface area contributed by atoms with Gasteiger partial charge in [0.05, 0.1) is 10.0 Å². The van der Waals surface area contributed by atoms with Crippen molar-refractivity contribution in [2.45, 2.75) is 11.3 Å². The van der Waals surface area contributed by atoms with E-state index >= 15 is 0 Å². The molecule has 0 saturated heterocycles. The Morgan fingerprint density at radius 1 is 1.10 bits per heavy atom. The first kappa shape index (κ1) is 23.0. The number of nitrogens with zero attached hydrogens (tertiary/aromatic N) is 1. The molecule has 1 heterocycles. The van der Waals surface area contributed by atoms with Gasteiger partial charge in [-0.2, -0.15) is 0 Å². The Morgan fingerprint density at radius 3 is 2.35 bits per heavy atom. The average molecular weight is 497 g/mol. The molecule has 31 heavy (non-hydrogen) atoms. The quantitative estimate of drug-likeness (QED) is 0.544. The lowest BCUT2D eigenvalue weighted by Gasteiger charge is -2.14. The van der Waals surface area contributed by atoms with E-state index in [-0.39, 0.29) is 15.8 Å². The number of alkyl halides is 3. The standard InChI is InChI=1S/C18H13Cl2F3N2O5S/c1-25(2)10-4-3-9-5-15(29-13(9)6-10)17(26)24-31(27,28)16-8-12(20)11(19)7-14(16)30-18(21,22)23/h3-8H,1-2H3,(H,24,26). The third kappa shape index (κ3) is 5.17. The van der Waals surface area contributed by atoms with Gasteiger partial charge in [0.2, 0.25) is 0 Å². The van der Waals surface area contributed by atoms with Crippen LogP contribution in [0.15, 0.2) is 45.7 Å². The summed E-state index contributed by atoms with van der Waals surface area (Å²) < 4.78 is 74.0. The maximum Gasteiger partial charge on any atom is 0.573 e. The molecule has 7 nitrogen and oxygen atoms in total. The van der Waals surface area contributed by atoms with Crippen molar-refractivity contribution in [2.75, 3.05) is 19.0 Å². The minimum absolute atomic E-state index is 0.310. The Kier molecular flexibility index (Phi) is 6.05. The molecular formula is C18H13Cl2F3N2O5S. The van der Waals surface area contributed by atoms with Gasteiger partial charge in [-0.15, -0.1) is 13.2 Å². The van der Waals surface area contributed by atoms with Gasteiger partial charge in [-0.25, -0.2) is 13.1 Å². The molecule has 166 valence electrons. The molecule has 2 aromatic carbocycles. The van der Waals surface area contributed by atoms with Crippen molar-refractivity contribution >= 4 is 55.8 Å². The minimum Gasteiger partial charge on any atom is -0.451 e. The number of hydrogen-bond donors (Lipinski definition) is 1. The largest absolute Gasteiger partial charge is 0.573 e. The van der Waals surface area contributed by atoms with E-state index in [0.717, 1.165) is 5.69 Å². The van der Waals surface area contributed by atoms with Crippen LogP contribution in [0.2, 0.25) is 10.0 Å².